The summed E-state index contributed by atoms with van der Waals surface area (Å²) in [6.45, 7) is 0. The standard InChI is InChI=1S/C15H13BrN2O3/c16-12-6-4-9(18(20)21)8-14(12)17-13-7-5-11-10(13)2-1-3-15(11)19/h1-4,6,8,13,17,19H,5,7H2. The van der Waals surface area contributed by atoms with Crippen LogP contribution in [0, 0.1) is 10.1 Å². The van der Waals surface area contributed by atoms with Crippen molar-refractivity contribution in [3.05, 3.63) is 62.1 Å². The summed E-state index contributed by atoms with van der Waals surface area (Å²) in [6.07, 6.45) is 1.65. The molecule has 1 aliphatic rings. The predicted molar refractivity (Wildman–Crippen MR) is 83.6 cm³/mol. The summed E-state index contributed by atoms with van der Waals surface area (Å²) in [5.74, 6) is 0.315. The first kappa shape index (κ1) is 13.9. The summed E-state index contributed by atoms with van der Waals surface area (Å²) in [4.78, 5) is 10.5. The number of non-ortho nitro benzene ring substituents is 1. The molecule has 2 aromatic rings. The number of hydrogen-bond acceptors (Lipinski definition) is 4. The Balaban J connectivity index is 1.91. The van der Waals surface area contributed by atoms with Crippen LogP contribution in [0.1, 0.15) is 23.6 Å². The van der Waals surface area contributed by atoms with Gasteiger partial charge in [0.05, 0.1) is 16.7 Å². The Morgan fingerprint density at radius 2 is 2.14 bits per heavy atom. The Kier molecular flexibility index (Phi) is 3.55. The molecule has 2 aromatic carbocycles. The van der Waals surface area contributed by atoms with Crippen LogP contribution in [0.15, 0.2) is 40.9 Å². The predicted octanol–water partition coefficient (Wildman–Crippen LogP) is 4.16. The van der Waals surface area contributed by atoms with E-state index in [4.69, 9.17) is 0 Å². The lowest BCUT2D eigenvalue weighted by Gasteiger charge is -2.16. The zero-order valence-electron chi connectivity index (χ0n) is 11.0. The zero-order valence-corrected chi connectivity index (χ0v) is 12.6. The first-order valence-corrected chi connectivity index (χ1v) is 7.37. The minimum atomic E-state index is -0.411. The molecule has 0 radical (unpaired) electrons. The van der Waals surface area contributed by atoms with Gasteiger partial charge in [0.2, 0.25) is 0 Å². The van der Waals surface area contributed by atoms with Gasteiger partial charge in [-0.15, -0.1) is 0 Å². The number of aromatic hydroxyl groups is 1. The van der Waals surface area contributed by atoms with Crippen molar-refractivity contribution in [2.24, 2.45) is 0 Å². The molecule has 108 valence electrons. The van der Waals surface area contributed by atoms with E-state index in [1.807, 2.05) is 12.1 Å². The van der Waals surface area contributed by atoms with Gasteiger partial charge in [-0.25, -0.2) is 0 Å². The summed E-state index contributed by atoms with van der Waals surface area (Å²) in [7, 11) is 0. The van der Waals surface area contributed by atoms with Crippen LogP contribution in [0.5, 0.6) is 5.75 Å². The molecule has 0 aliphatic heterocycles. The summed E-state index contributed by atoms with van der Waals surface area (Å²) in [5, 5.41) is 24.1. The average molecular weight is 349 g/mol. The van der Waals surface area contributed by atoms with Gasteiger partial charge in [0, 0.05) is 16.6 Å². The third-order valence-corrected chi connectivity index (χ3v) is 4.43. The van der Waals surface area contributed by atoms with Crippen LogP contribution < -0.4 is 5.32 Å². The Morgan fingerprint density at radius 3 is 2.90 bits per heavy atom. The summed E-state index contributed by atoms with van der Waals surface area (Å²) in [6, 6.07) is 10.2. The molecule has 0 bridgehead atoms. The number of nitrogens with zero attached hydrogens (tertiary/aromatic N) is 1. The van der Waals surface area contributed by atoms with Gasteiger partial charge in [0.15, 0.2) is 0 Å². The number of phenolic OH excluding ortho intramolecular Hbond substituents is 1. The molecule has 1 atom stereocenters. The minimum Gasteiger partial charge on any atom is -0.508 e. The molecule has 21 heavy (non-hydrogen) atoms. The quantitative estimate of drug-likeness (QED) is 0.644. The van der Waals surface area contributed by atoms with Gasteiger partial charge in [-0.2, -0.15) is 0 Å². The van der Waals surface area contributed by atoms with Gasteiger partial charge in [0.1, 0.15) is 5.75 Å². The Hall–Kier alpha value is -2.08. The number of anilines is 1. The fraction of sp³-hybridized carbons (Fsp3) is 0.200. The first-order chi connectivity index (χ1) is 10.1. The lowest BCUT2D eigenvalue weighted by atomic mass is 10.1. The number of hydrogen-bond donors (Lipinski definition) is 2. The molecule has 0 fully saturated rings. The van der Waals surface area contributed by atoms with Crippen LogP contribution in [0.2, 0.25) is 0 Å². The van der Waals surface area contributed by atoms with Crippen LogP contribution >= 0.6 is 15.9 Å². The number of nitro benzene ring substituents is 1. The summed E-state index contributed by atoms with van der Waals surface area (Å²) < 4.78 is 0.779. The molecule has 1 unspecified atom stereocenters. The average Bonchev–Trinajstić information content (AvgIpc) is 2.86. The molecule has 0 amide bonds. The largest absolute Gasteiger partial charge is 0.508 e. The minimum absolute atomic E-state index is 0.0467. The van der Waals surface area contributed by atoms with Crippen LogP contribution in [0.25, 0.3) is 0 Å². The molecule has 0 saturated carbocycles. The molecule has 5 nitrogen and oxygen atoms in total. The number of fused-ring (bicyclic) bond motifs is 1. The van der Waals surface area contributed by atoms with Crippen molar-refractivity contribution < 1.29 is 10.0 Å². The second-order valence-corrected chi connectivity index (χ2v) is 5.86. The zero-order chi connectivity index (χ0) is 15.0. The highest BCUT2D eigenvalue weighted by molar-refractivity contribution is 9.10. The van der Waals surface area contributed by atoms with Crippen molar-refractivity contribution in [1.29, 1.82) is 0 Å². The van der Waals surface area contributed by atoms with E-state index in [1.54, 1.807) is 12.1 Å². The van der Waals surface area contributed by atoms with Crippen LogP contribution in [-0.2, 0) is 6.42 Å². The van der Waals surface area contributed by atoms with Gasteiger partial charge in [-0.1, -0.05) is 12.1 Å². The van der Waals surface area contributed by atoms with Crippen molar-refractivity contribution in [2.75, 3.05) is 5.32 Å². The molecule has 0 aromatic heterocycles. The van der Waals surface area contributed by atoms with E-state index in [2.05, 4.69) is 21.2 Å². The molecular weight excluding hydrogens is 336 g/mol. The maximum atomic E-state index is 10.9. The highest BCUT2D eigenvalue weighted by atomic mass is 79.9. The number of benzene rings is 2. The molecule has 0 heterocycles. The molecule has 3 rings (SSSR count). The fourth-order valence-corrected chi connectivity index (χ4v) is 3.07. The fourth-order valence-electron chi connectivity index (χ4n) is 2.71. The topological polar surface area (TPSA) is 75.4 Å². The Morgan fingerprint density at radius 1 is 1.33 bits per heavy atom. The van der Waals surface area contributed by atoms with Crippen LogP contribution in [-0.4, -0.2) is 10.0 Å². The van der Waals surface area contributed by atoms with Gasteiger partial charge >= 0.3 is 0 Å². The lowest BCUT2D eigenvalue weighted by Crippen LogP contribution is -2.07. The highest BCUT2D eigenvalue weighted by Crippen LogP contribution is 2.39. The molecule has 1 aliphatic carbocycles. The number of nitro groups is 1. The molecular formula is C15H13BrN2O3. The normalized spacial score (nSPS) is 16.5. The van der Waals surface area contributed by atoms with Crippen molar-refractivity contribution in [1.82, 2.24) is 0 Å². The molecule has 0 spiro atoms. The third-order valence-electron chi connectivity index (χ3n) is 3.74. The first-order valence-electron chi connectivity index (χ1n) is 6.57. The number of nitrogens with one attached hydrogen (secondary N) is 1. The number of halogens is 1. The molecule has 0 saturated heterocycles. The van der Waals surface area contributed by atoms with E-state index in [0.717, 1.165) is 28.4 Å². The van der Waals surface area contributed by atoms with E-state index in [1.165, 1.54) is 12.1 Å². The third kappa shape index (κ3) is 2.58. The maximum Gasteiger partial charge on any atom is 0.271 e. The van der Waals surface area contributed by atoms with Gasteiger partial charge in [-0.3, -0.25) is 10.1 Å². The monoisotopic (exact) mass is 348 g/mol. The van der Waals surface area contributed by atoms with Crippen LogP contribution in [0.4, 0.5) is 11.4 Å². The summed E-state index contributed by atoms with van der Waals surface area (Å²) >= 11 is 3.41. The molecule has 2 N–H and O–H groups in total. The van der Waals surface area contributed by atoms with Gasteiger partial charge < -0.3 is 10.4 Å². The maximum absolute atomic E-state index is 10.9. The van der Waals surface area contributed by atoms with E-state index < -0.39 is 4.92 Å². The number of rotatable bonds is 3. The SMILES string of the molecule is O=[N+]([O-])c1ccc(Br)c(NC2CCc3c(O)cccc32)c1. The van der Waals surface area contributed by atoms with E-state index in [9.17, 15) is 15.2 Å². The van der Waals surface area contributed by atoms with Gasteiger partial charge in [0.25, 0.3) is 5.69 Å². The van der Waals surface area contributed by atoms with Crippen molar-refractivity contribution in [2.45, 2.75) is 18.9 Å². The Bertz CT molecular complexity index is 718. The van der Waals surface area contributed by atoms with E-state index in [-0.39, 0.29) is 11.7 Å². The number of phenols is 1. The second-order valence-electron chi connectivity index (χ2n) is 5.00. The van der Waals surface area contributed by atoms with Gasteiger partial charge in [-0.05, 0) is 52.0 Å². The van der Waals surface area contributed by atoms with Crippen molar-refractivity contribution >= 4 is 27.3 Å². The van der Waals surface area contributed by atoms with E-state index >= 15 is 0 Å². The van der Waals surface area contributed by atoms with Crippen LogP contribution in [0.3, 0.4) is 0 Å². The lowest BCUT2D eigenvalue weighted by molar-refractivity contribution is -0.384. The van der Waals surface area contributed by atoms with Crippen molar-refractivity contribution in [3.8, 4) is 5.75 Å². The second kappa shape index (κ2) is 5.37. The van der Waals surface area contributed by atoms with E-state index in [0.29, 0.717) is 11.4 Å². The highest BCUT2D eigenvalue weighted by Gasteiger charge is 2.25. The smallest absolute Gasteiger partial charge is 0.271 e. The van der Waals surface area contributed by atoms with Crippen molar-refractivity contribution in [3.63, 3.8) is 0 Å². The Labute approximate surface area is 129 Å². The molecule has 6 heteroatoms. The summed E-state index contributed by atoms with van der Waals surface area (Å²) in [5.41, 5.74) is 2.74.